The van der Waals surface area contributed by atoms with Gasteiger partial charge in [0.25, 0.3) is 0 Å². The lowest BCUT2D eigenvalue weighted by molar-refractivity contribution is -0.128. The largest absolute Gasteiger partial charge is 0.389 e. The first kappa shape index (κ1) is 12.9. The van der Waals surface area contributed by atoms with Crippen LogP contribution in [0, 0.1) is 11.3 Å². The Kier molecular flexibility index (Phi) is 3.01. The van der Waals surface area contributed by atoms with Crippen LogP contribution < -0.4 is 0 Å². The van der Waals surface area contributed by atoms with Gasteiger partial charge in [0.05, 0.1) is 5.60 Å². The van der Waals surface area contributed by atoms with E-state index in [4.69, 9.17) is 0 Å². The number of aliphatic hydroxyl groups is 1. The molecule has 1 aromatic rings. The zero-order chi connectivity index (χ0) is 13.5. The van der Waals surface area contributed by atoms with Gasteiger partial charge in [0.2, 0.25) is 0 Å². The van der Waals surface area contributed by atoms with Crippen molar-refractivity contribution in [3.8, 4) is 0 Å². The molecule has 0 spiro atoms. The van der Waals surface area contributed by atoms with Gasteiger partial charge in [-0.05, 0) is 43.6 Å². The molecular formula is C17H22O2. The molecule has 1 N–H and O–H groups in total. The Morgan fingerprint density at radius 2 is 1.95 bits per heavy atom. The van der Waals surface area contributed by atoms with Gasteiger partial charge in [-0.3, -0.25) is 0 Å². The quantitative estimate of drug-likeness (QED) is 0.826. The second kappa shape index (κ2) is 4.45. The standard InChI is InChI=1S/C17H22O2/c1-16-9-7-14(13-5-3-2-4-6-13)11-17(16,19)10-8-15(16)12-18/h2-6,12,14-15,19H,7-11H2,1H3/t14-,15+,16+,17-/m0/s1. The minimum Gasteiger partial charge on any atom is -0.389 e. The fourth-order valence-electron chi connectivity index (χ4n) is 4.31. The number of hydrogen-bond acceptors (Lipinski definition) is 2. The summed E-state index contributed by atoms with van der Waals surface area (Å²) < 4.78 is 0. The number of fused-ring (bicyclic) bond motifs is 1. The molecule has 1 aromatic carbocycles. The molecule has 2 fully saturated rings. The Balaban J connectivity index is 1.87. The van der Waals surface area contributed by atoms with Crippen LogP contribution in [0.15, 0.2) is 30.3 Å². The Morgan fingerprint density at radius 1 is 1.21 bits per heavy atom. The van der Waals surface area contributed by atoms with Crippen LogP contribution >= 0.6 is 0 Å². The summed E-state index contributed by atoms with van der Waals surface area (Å²) in [5, 5.41) is 11.0. The lowest BCUT2D eigenvalue weighted by atomic mass is 9.59. The SMILES string of the molecule is C[C@]12CC[C@H](c3ccccc3)C[C@@]1(O)CC[C@@H]2C=O. The van der Waals surface area contributed by atoms with E-state index in [1.807, 2.05) is 6.07 Å². The number of benzene rings is 1. The van der Waals surface area contributed by atoms with Gasteiger partial charge in [-0.2, -0.15) is 0 Å². The van der Waals surface area contributed by atoms with Gasteiger partial charge in [-0.25, -0.2) is 0 Å². The van der Waals surface area contributed by atoms with E-state index in [9.17, 15) is 9.90 Å². The maximum absolute atomic E-state index is 11.2. The number of hydrogen-bond donors (Lipinski definition) is 1. The predicted octanol–water partition coefficient (Wildman–Crippen LogP) is 3.30. The summed E-state index contributed by atoms with van der Waals surface area (Å²) in [6.45, 7) is 2.11. The molecule has 102 valence electrons. The fraction of sp³-hybridized carbons (Fsp3) is 0.588. The van der Waals surface area contributed by atoms with E-state index in [1.165, 1.54) is 5.56 Å². The lowest BCUT2D eigenvalue weighted by Crippen LogP contribution is -2.49. The number of carbonyl (C=O) groups excluding carboxylic acids is 1. The summed E-state index contributed by atoms with van der Waals surface area (Å²) in [6.07, 6.45) is 5.52. The van der Waals surface area contributed by atoms with E-state index >= 15 is 0 Å². The zero-order valence-corrected chi connectivity index (χ0v) is 11.5. The zero-order valence-electron chi connectivity index (χ0n) is 11.5. The average molecular weight is 258 g/mol. The number of carbonyl (C=O) groups is 1. The molecule has 2 aliphatic rings. The van der Waals surface area contributed by atoms with Crippen molar-refractivity contribution in [2.75, 3.05) is 0 Å². The molecule has 0 bridgehead atoms. The van der Waals surface area contributed by atoms with Gasteiger partial charge in [-0.15, -0.1) is 0 Å². The maximum atomic E-state index is 11.2. The molecule has 3 rings (SSSR count). The van der Waals surface area contributed by atoms with E-state index in [0.29, 0.717) is 5.92 Å². The van der Waals surface area contributed by atoms with Crippen LogP contribution in [-0.2, 0) is 4.79 Å². The van der Waals surface area contributed by atoms with Crippen LogP contribution in [0.25, 0.3) is 0 Å². The summed E-state index contributed by atoms with van der Waals surface area (Å²) in [5.41, 5.74) is 0.463. The van der Waals surface area contributed by atoms with Gasteiger partial charge in [-0.1, -0.05) is 37.3 Å². The minimum absolute atomic E-state index is 0.0363. The Labute approximate surface area is 114 Å². The van der Waals surface area contributed by atoms with Gasteiger partial charge < -0.3 is 9.90 Å². The van der Waals surface area contributed by atoms with Crippen molar-refractivity contribution < 1.29 is 9.90 Å². The molecular weight excluding hydrogens is 236 g/mol. The molecule has 0 radical (unpaired) electrons. The smallest absolute Gasteiger partial charge is 0.123 e. The molecule has 2 heteroatoms. The van der Waals surface area contributed by atoms with Crippen molar-refractivity contribution in [3.63, 3.8) is 0 Å². The molecule has 4 atom stereocenters. The van der Waals surface area contributed by atoms with Gasteiger partial charge in [0.15, 0.2) is 0 Å². The van der Waals surface area contributed by atoms with Crippen LogP contribution in [0.2, 0.25) is 0 Å². The third-order valence-corrected chi connectivity index (χ3v) is 5.78. The monoisotopic (exact) mass is 258 g/mol. The number of aldehydes is 1. The molecule has 0 unspecified atom stereocenters. The summed E-state index contributed by atoms with van der Waals surface area (Å²) in [6, 6.07) is 10.5. The maximum Gasteiger partial charge on any atom is 0.123 e. The molecule has 2 aliphatic carbocycles. The lowest BCUT2D eigenvalue weighted by Gasteiger charge is -2.48. The first-order valence-corrected chi connectivity index (χ1v) is 7.32. The van der Waals surface area contributed by atoms with Gasteiger partial charge in [0.1, 0.15) is 6.29 Å². The van der Waals surface area contributed by atoms with Crippen LogP contribution in [-0.4, -0.2) is 17.0 Å². The molecule has 0 aliphatic heterocycles. The van der Waals surface area contributed by atoms with Crippen molar-refractivity contribution in [1.82, 2.24) is 0 Å². The fourth-order valence-corrected chi connectivity index (χ4v) is 4.31. The second-order valence-corrected chi connectivity index (χ2v) is 6.58. The molecule has 2 nitrogen and oxygen atoms in total. The third-order valence-electron chi connectivity index (χ3n) is 5.78. The normalized spacial score (nSPS) is 41.8. The highest BCUT2D eigenvalue weighted by molar-refractivity contribution is 5.57. The molecule has 19 heavy (non-hydrogen) atoms. The van der Waals surface area contributed by atoms with Crippen molar-refractivity contribution in [3.05, 3.63) is 35.9 Å². The first-order chi connectivity index (χ1) is 9.09. The molecule has 0 saturated heterocycles. The molecule has 0 heterocycles. The summed E-state index contributed by atoms with van der Waals surface area (Å²) in [4.78, 5) is 11.2. The topological polar surface area (TPSA) is 37.3 Å². The van der Waals surface area contributed by atoms with Crippen LogP contribution in [0.4, 0.5) is 0 Å². The van der Waals surface area contributed by atoms with Crippen LogP contribution in [0.1, 0.15) is 50.5 Å². The average Bonchev–Trinajstić information content (AvgIpc) is 2.70. The number of rotatable bonds is 2. The summed E-state index contributed by atoms with van der Waals surface area (Å²) in [7, 11) is 0. The summed E-state index contributed by atoms with van der Waals surface area (Å²) in [5.74, 6) is 0.471. The van der Waals surface area contributed by atoms with Crippen molar-refractivity contribution in [2.45, 2.75) is 50.5 Å². The third kappa shape index (κ3) is 1.85. The highest BCUT2D eigenvalue weighted by Gasteiger charge is 2.58. The van der Waals surface area contributed by atoms with E-state index in [-0.39, 0.29) is 11.3 Å². The summed E-state index contributed by atoms with van der Waals surface area (Å²) >= 11 is 0. The van der Waals surface area contributed by atoms with Crippen molar-refractivity contribution in [1.29, 1.82) is 0 Å². The molecule has 2 saturated carbocycles. The molecule has 0 aromatic heterocycles. The van der Waals surface area contributed by atoms with E-state index < -0.39 is 5.60 Å². The van der Waals surface area contributed by atoms with E-state index in [1.54, 1.807) is 0 Å². The minimum atomic E-state index is -0.655. The highest BCUT2D eigenvalue weighted by atomic mass is 16.3. The molecule has 0 amide bonds. The Bertz CT molecular complexity index is 469. The van der Waals surface area contributed by atoms with E-state index in [2.05, 4.69) is 31.2 Å². The predicted molar refractivity (Wildman–Crippen MR) is 74.9 cm³/mol. The van der Waals surface area contributed by atoms with Crippen molar-refractivity contribution in [2.24, 2.45) is 11.3 Å². The van der Waals surface area contributed by atoms with Gasteiger partial charge >= 0.3 is 0 Å². The second-order valence-electron chi connectivity index (χ2n) is 6.58. The van der Waals surface area contributed by atoms with E-state index in [0.717, 1.165) is 38.4 Å². The van der Waals surface area contributed by atoms with Gasteiger partial charge in [0, 0.05) is 11.3 Å². The van der Waals surface area contributed by atoms with Crippen LogP contribution in [0.5, 0.6) is 0 Å². The highest BCUT2D eigenvalue weighted by Crippen LogP contribution is 2.60. The Hall–Kier alpha value is -1.15. The van der Waals surface area contributed by atoms with Crippen LogP contribution in [0.3, 0.4) is 0 Å². The first-order valence-electron chi connectivity index (χ1n) is 7.32. The Morgan fingerprint density at radius 3 is 2.63 bits per heavy atom. The van der Waals surface area contributed by atoms with Crippen molar-refractivity contribution >= 4 is 6.29 Å².